The van der Waals surface area contributed by atoms with E-state index in [1.165, 1.54) is 44.9 Å². The first-order valence-corrected chi connectivity index (χ1v) is 8.08. The van der Waals surface area contributed by atoms with Crippen LogP contribution in [0.15, 0.2) is 18.3 Å². The number of nitrogens with zero attached hydrogens (tertiary/aromatic N) is 2. The highest BCUT2D eigenvalue weighted by molar-refractivity contribution is 5.40. The van der Waals surface area contributed by atoms with Gasteiger partial charge in [-0.25, -0.2) is 4.98 Å². The van der Waals surface area contributed by atoms with E-state index in [4.69, 9.17) is 0 Å². The molecule has 20 heavy (non-hydrogen) atoms. The third kappa shape index (κ3) is 2.83. The number of aliphatic hydroxyl groups is 1. The molecule has 0 aromatic carbocycles. The molecule has 1 N–H and O–H groups in total. The van der Waals surface area contributed by atoms with E-state index < -0.39 is 6.10 Å². The number of pyridine rings is 1. The van der Waals surface area contributed by atoms with Crippen LogP contribution in [0.2, 0.25) is 0 Å². The van der Waals surface area contributed by atoms with Crippen molar-refractivity contribution in [2.24, 2.45) is 5.41 Å². The van der Waals surface area contributed by atoms with Crippen molar-refractivity contribution in [3.05, 3.63) is 23.9 Å². The Balaban J connectivity index is 1.62. The lowest BCUT2D eigenvalue weighted by Gasteiger charge is -2.44. The molecule has 1 saturated carbocycles. The number of hydrogen-bond acceptors (Lipinski definition) is 3. The summed E-state index contributed by atoms with van der Waals surface area (Å²) >= 11 is 0. The Bertz CT molecular complexity index is 425. The molecule has 110 valence electrons. The normalized spacial score (nSPS) is 23.8. The molecule has 1 spiro atoms. The quantitative estimate of drug-likeness (QED) is 0.893. The Morgan fingerprint density at radius 2 is 1.80 bits per heavy atom. The van der Waals surface area contributed by atoms with Gasteiger partial charge in [-0.1, -0.05) is 25.3 Å². The summed E-state index contributed by atoms with van der Waals surface area (Å²) < 4.78 is 0. The summed E-state index contributed by atoms with van der Waals surface area (Å²) in [7, 11) is 0. The number of anilines is 1. The molecule has 2 fully saturated rings. The van der Waals surface area contributed by atoms with Crippen molar-refractivity contribution in [3.63, 3.8) is 0 Å². The molecule has 0 amide bonds. The van der Waals surface area contributed by atoms with Crippen LogP contribution < -0.4 is 4.90 Å². The second-order valence-electron chi connectivity index (χ2n) is 6.67. The third-order valence-electron chi connectivity index (χ3n) is 5.32. The summed E-state index contributed by atoms with van der Waals surface area (Å²) in [5.74, 6) is 1.07. The van der Waals surface area contributed by atoms with E-state index in [2.05, 4.69) is 16.0 Å². The van der Waals surface area contributed by atoms with Crippen molar-refractivity contribution >= 4 is 5.82 Å². The molecular weight excluding hydrogens is 248 g/mol. The Labute approximate surface area is 122 Å². The zero-order valence-corrected chi connectivity index (χ0v) is 12.5. The molecule has 1 aliphatic carbocycles. The van der Waals surface area contributed by atoms with Gasteiger partial charge >= 0.3 is 0 Å². The van der Waals surface area contributed by atoms with Crippen LogP contribution in [0.25, 0.3) is 0 Å². The molecule has 2 aliphatic rings. The van der Waals surface area contributed by atoms with Gasteiger partial charge in [0.05, 0.1) is 6.10 Å². The molecular formula is C17H26N2O. The zero-order valence-electron chi connectivity index (χ0n) is 12.5. The van der Waals surface area contributed by atoms with Gasteiger partial charge in [-0.3, -0.25) is 0 Å². The lowest BCUT2D eigenvalue weighted by Crippen LogP contribution is -2.41. The van der Waals surface area contributed by atoms with Crippen molar-refractivity contribution < 1.29 is 5.11 Å². The zero-order chi connectivity index (χ0) is 14.0. The van der Waals surface area contributed by atoms with Crippen LogP contribution in [0.5, 0.6) is 0 Å². The predicted octanol–water partition coefficient (Wildman–Crippen LogP) is 3.69. The van der Waals surface area contributed by atoms with Crippen LogP contribution in [0.4, 0.5) is 5.82 Å². The number of aliphatic hydroxyl groups excluding tert-OH is 1. The van der Waals surface area contributed by atoms with Crippen LogP contribution >= 0.6 is 0 Å². The lowest BCUT2D eigenvalue weighted by molar-refractivity contribution is 0.144. The minimum atomic E-state index is -0.427. The van der Waals surface area contributed by atoms with Crippen molar-refractivity contribution in [3.8, 4) is 0 Å². The monoisotopic (exact) mass is 274 g/mol. The van der Waals surface area contributed by atoms with E-state index in [1.54, 1.807) is 6.92 Å². The summed E-state index contributed by atoms with van der Waals surface area (Å²) in [6.07, 6.45) is 11.2. The van der Waals surface area contributed by atoms with E-state index in [9.17, 15) is 5.11 Å². The summed E-state index contributed by atoms with van der Waals surface area (Å²) in [6.45, 7) is 4.06. The minimum absolute atomic E-state index is 0.427. The predicted molar refractivity (Wildman–Crippen MR) is 81.8 cm³/mol. The Morgan fingerprint density at radius 1 is 1.10 bits per heavy atom. The van der Waals surface area contributed by atoms with Gasteiger partial charge in [-0.2, -0.15) is 0 Å². The van der Waals surface area contributed by atoms with Crippen LogP contribution in [0.1, 0.15) is 63.5 Å². The summed E-state index contributed by atoms with van der Waals surface area (Å²) in [5, 5.41) is 9.54. The molecule has 3 nitrogen and oxygen atoms in total. The Kier molecular flexibility index (Phi) is 3.97. The highest BCUT2D eigenvalue weighted by Crippen LogP contribution is 2.44. The summed E-state index contributed by atoms with van der Waals surface area (Å²) in [4.78, 5) is 6.93. The molecule has 0 radical (unpaired) electrons. The van der Waals surface area contributed by atoms with Crippen LogP contribution in [-0.2, 0) is 0 Å². The molecule has 1 aromatic rings. The van der Waals surface area contributed by atoms with Crippen LogP contribution in [0.3, 0.4) is 0 Å². The fourth-order valence-corrected chi connectivity index (χ4v) is 3.84. The van der Waals surface area contributed by atoms with Crippen molar-refractivity contribution in [2.45, 2.75) is 58.0 Å². The van der Waals surface area contributed by atoms with Gasteiger partial charge < -0.3 is 10.0 Å². The third-order valence-corrected chi connectivity index (χ3v) is 5.32. The van der Waals surface area contributed by atoms with E-state index in [0.717, 1.165) is 24.5 Å². The average molecular weight is 274 g/mol. The molecule has 1 atom stereocenters. The highest BCUT2D eigenvalue weighted by Gasteiger charge is 2.35. The Hall–Kier alpha value is -1.09. The van der Waals surface area contributed by atoms with Crippen molar-refractivity contribution in [1.29, 1.82) is 0 Å². The van der Waals surface area contributed by atoms with Gasteiger partial charge in [0.15, 0.2) is 0 Å². The standard InChI is InChI=1S/C17H26N2O/c1-14(20)15-5-6-16(18-13-15)19-11-9-17(10-12-19)7-3-2-4-8-17/h5-6,13-14,20H,2-4,7-12H2,1H3/t14-/m1/s1. The molecule has 0 bridgehead atoms. The molecule has 1 aromatic heterocycles. The summed E-state index contributed by atoms with van der Waals surface area (Å²) in [5.41, 5.74) is 1.54. The molecule has 0 unspecified atom stereocenters. The first-order chi connectivity index (χ1) is 9.69. The SMILES string of the molecule is C[C@@H](O)c1ccc(N2CCC3(CCCCC3)CC2)nc1. The average Bonchev–Trinajstić information content (AvgIpc) is 2.49. The van der Waals surface area contributed by atoms with Crippen LogP contribution in [-0.4, -0.2) is 23.2 Å². The number of hydrogen-bond donors (Lipinski definition) is 1. The van der Waals surface area contributed by atoms with Crippen LogP contribution in [0, 0.1) is 5.41 Å². The van der Waals surface area contributed by atoms with Gasteiger partial charge in [-0.05, 0) is 49.7 Å². The minimum Gasteiger partial charge on any atom is -0.389 e. The molecule has 1 aliphatic heterocycles. The first-order valence-electron chi connectivity index (χ1n) is 8.08. The van der Waals surface area contributed by atoms with E-state index in [1.807, 2.05) is 12.3 Å². The van der Waals surface area contributed by atoms with Crippen molar-refractivity contribution in [1.82, 2.24) is 4.98 Å². The molecule has 3 rings (SSSR count). The largest absolute Gasteiger partial charge is 0.389 e. The Morgan fingerprint density at radius 3 is 2.35 bits per heavy atom. The van der Waals surface area contributed by atoms with E-state index >= 15 is 0 Å². The maximum absolute atomic E-state index is 9.54. The van der Waals surface area contributed by atoms with Gasteiger partial charge in [0.2, 0.25) is 0 Å². The molecule has 2 heterocycles. The molecule has 3 heteroatoms. The van der Waals surface area contributed by atoms with Gasteiger partial charge in [0.25, 0.3) is 0 Å². The lowest BCUT2D eigenvalue weighted by atomic mass is 9.68. The van der Waals surface area contributed by atoms with Gasteiger partial charge in [0, 0.05) is 19.3 Å². The smallest absolute Gasteiger partial charge is 0.128 e. The second-order valence-corrected chi connectivity index (χ2v) is 6.67. The highest BCUT2D eigenvalue weighted by atomic mass is 16.3. The fraction of sp³-hybridized carbons (Fsp3) is 0.706. The topological polar surface area (TPSA) is 36.4 Å². The van der Waals surface area contributed by atoms with Gasteiger partial charge in [0.1, 0.15) is 5.82 Å². The van der Waals surface area contributed by atoms with Gasteiger partial charge in [-0.15, -0.1) is 0 Å². The number of piperidine rings is 1. The second kappa shape index (κ2) is 5.72. The maximum Gasteiger partial charge on any atom is 0.128 e. The molecule has 1 saturated heterocycles. The summed E-state index contributed by atoms with van der Waals surface area (Å²) in [6, 6.07) is 4.05. The van der Waals surface area contributed by atoms with E-state index in [-0.39, 0.29) is 0 Å². The van der Waals surface area contributed by atoms with E-state index in [0.29, 0.717) is 5.41 Å². The van der Waals surface area contributed by atoms with Crippen molar-refractivity contribution in [2.75, 3.05) is 18.0 Å². The maximum atomic E-state index is 9.54. The fourth-order valence-electron chi connectivity index (χ4n) is 3.84. The number of rotatable bonds is 2. The number of aromatic nitrogens is 1. The first kappa shape index (κ1) is 13.9.